The molecule has 1 aromatic heterocycles. The van der Waals surface area contributed by atoms with Crippen molar-refractivity contribution in [3.05, 3.63) is 52.2 Å². The van der Waals surface area contributed by atoms with E-state index < -0.39 is 5.60 Å². The predicted octanol–water partition coefficient (Wildman–Crippen LogP) is 2.54. The lowest BCUT2D eigenvalue weighted by atomic mass is 9.79. The monoisotopic (exact) mass is 375 g/mol. The molecule has 0 radical (unpaired) electrons. The maximum absolute atomic E-state index is 13.9. The number of nitrogens with zero attached hydrogens (tertiary/aromatic N) is 2. The highest BCUT2D eigenvalue weighted by atomic mass is 32.1. The lowest BCUT2D eigenvalue weighted by molar-refractivity contribution is -0.158. The van der Waals surface area contributed by atoms with Gasteiger partial charge < -0.3 is 10.1 Å². The van der Waals surface area contributed by atoms with Crippen molar-refractivity contribution >= 4 is 17.2 Å². The van der Waals surface area contributed by atoms with Crippen LogP contribution in [0.3, 0.4) is 0 Å². The highest BCUT2D eigenvalue weighted by Gasteiger charge is 2.47. The summed E-state index contributed by atoms with van der Waals surface area (Å²) < 4.78 is 20.0. The van der Waals surface area contributed by atoms with Crippen LogP contribution in [0.15, 0.2) is 35.8 Å². The molecule has 1 amide bonds. The largest absolute Gasteiger partial charge is 0.356 e. The number of morpholine rings is 1. The molecule has 3 heterocycles. The molecule has 1 aromatic carbocycles. The number of amides is 1. The summed E-state index contributed by atoms with van der Waals surface area (Å²) in [5, 5.41) is 5.84. The molecule has 2 aromatic rings. The first-order valence-electron chi connectivity index (χ1n) is 8.94. The number of hydrogen-bond acceptors (Lipinski definition) is 5. The number of ether oxygens (including phenoxy) is 1. The van der Waals surface area contributed by atoms with Gasteiger partial charge in [0.2, 0.25) is 5.91 Å². The van der Waals surface area contributed by atoms with Crippen LogP contribution < -0.4 is 5.32 Å². The Morgan fingerprint density at radius 1 is 1.35 bits per heavy atom. The third kappa shape index (κ3) is 3.39. The minimum Gasteiger partial charge on any atom is -0.356 e. The summed E-state index contributed by atoms with van der Waals surface area (Å²) >= 11 is 1.58. The molecule has 4 rings (SSSR count). The summed E-state index contributed by atoms with van der Waals surface area (Å²) in [6, 6.07) is 6.95. The Hall–Kier alpha value is -1.83. The zero-order valence-electron chi connectivity index (χ0n) is 14.5. The van der Waals surface area contributed by atoms with Crippen molar-refractivity contribution in [2.24, 2.45) is 5.92 Å². The molecule has 0 spiro atoms. The van der Waals surface area contributed by atoms with Crippen molar-refractivity contribution < 1.29 is 13.9 Å². The third-order valence-electron chi connectivity index (χ3n) is 5.40. The van der Waals surface area contributed by atoms with E-state index >= 15 is 0 Å². The van der Waals surface area contributed by atoms with E-state index in [1.807, 2.05) is 17.5 Å². The molecule has 1 N–H and O–H groups in total. The molecule has 2 aliphatic heterocycles. The Labute approximate surface area is 156 Å². The summed E-state index contributed by atoms with van der Waals surface area (Å²) in [7, 11) is 0. The molecule has 138 valence electrons. The predicted molar refractivity (Wildman–Crippen MR) is 97.2 cm³/mol. The molecule has 2 aliphatic rings. The van der Waals surface area contributed by atoms with Gasteiger partial charge in [-0.15, -0.1) is 11.3 Å². The van der Waals surface area contributed by atoms with Crippen LogP contribution in [0.1, 0.15) is 23.4 Å². The Bertz CT molecular complexity index is 750. The van der Waals surface area contributed by atoms with E-state index in [4.69, 9.17) is 4.74 Å². The van der Waals surface area contributed by atoms with Crippen molar-refractivity contribution in [2.75, 3.05) is 26.2 Å². The number of aromatic nitrogens is 1. The van der Waals surface area contributed by atoms with Crippen LogP contribution in [0.5, 0.6) is 0 Å². The van der Waals surface area contributed by atoms with E-state index in [0.29, 0.717) is 13.1 Å². The lowest BCUT2D eigenvalue weighted by Gasteiger charge is -2.45. The number of benzene rings is 1. The van der Waals surface area contributed by atoms with Crippen molar-refractivity contribution in [1.29, 1.82) is 0 Å². The first-order chi connectivity index (χ1) is 12.7. The van der Waals surface area contributed by atoms with Gasteiger partial charge >= 0.3 is 0 Å². The van der Waals surface area contributed by atoms with Gasteiger partial charge in [-0.05, 0) is 37.9 Å². The van der Waals surface area contributed by atoms with E-state index in [1.54, 1.807) is 23.6 Å². The van der Waals surface area contributed by atoms with Crippen LogP contribution in [0.25, 0.3) is 0 Å². The zero-order chi connectivity index (χ0) is 18.0. The molecular formula is C19H22FN3O2S. The number of piperidine rings is 1. The average Bonchev–Trinajstić information content (AvgIpc) is 3.21. The molecule has 0 unspecified atom stereocenters. The molecular weight excluding hydrogens is 353 g/mol. The molecule has 2 saturated heterocycles. The minimum atomic E-state index is -0.536. The van der Waals surface area contributed by atoms with Crippen molar-refractivity contribution in [1.82, 2.24) is 15.2 Å². The molecule has 0 saturated carbocycles. The highest BCUT2D eigenvalue weighted by Crippen LogP contribution is 2.41. The van der Waals surface area contributed by atoms with Gasteiger partial charge in [0.15, 0.2) is 0 Å². The summed E-state index contributed by atoms with van der Waals surface area (Å²) in [6.07, 6.45) is 3.66. The molecule has 7 heteroatoms. The van der Waals surface area contributed by atoms with E-state index in [-0.39, 0.29) is 24.2 Å². The molecule has 1 atom stereocenters. The molecule has 2 fully saturated rings. The van der Waals surface area contributed by atoms with Crippen LogP contribution in [0, 0.1) is 11.7 Å². The number of carbonyl (C=O) groups excluding carboxylic acids is 1. The van der Waals surface area contributed by atoms with Crippen LogP contribution in [0.4, 0.5) is 4.39 Å². The quantitative estimate of drug-likeness (QED) is 0.892. The lowest BCUT2D eigenvalue weighted by Crippen LogP contribution is -2.56. The van der Waals surface area contributed by atoms with Gasteiger partial charge in [0.05, 0.1) is 6.54 Å². The van der Waals surface area contributed by atoms with Gasteiger partial charge in [0, 0.05) is 23.7 Å². The van der Waals surface area contributed by atoms with Gasteiger partial charge in [-0.3, -0.25) is 9.69 Å². The summed E-state index contributed by atoms with van der Waals surface area (Å²) in [4.78, 5) is 18.4. The summed E-state index contributed by atoms with van der Waals surface area (Å²) in [6.45, 7) is 2.93. The topological polar surface area (TPSA) is 54.5 Å². The number of likely N-dealkylation sites (tertiary alicyclic amines) is 1. The summed E-state index contributed by atoms with van der Waals surface area (Å²) in [5.74, 6) is 0.0625. The third-order valence-corrected chi connectivity index (χ3v) is 6.33. The maximum atomic E-state index is 13.9. The molecule has 5 nitrogen and oxygen atoms in total. The number of carbonyl (C=O) groups is 1. The maximum Gasteiger partial charge on any atom is 0.246 e. The summed E-state index contributed by atoms with van der Waals surface area (Å²) in [5.41, 5.74) is 0.202. The van der Waals surface area contributed by atoms with Crippen LogP contribution >= 0.6 is 11.3 Å². The molecule has 0 aliphatic carbocycles. The van der Waals surface area contributed by atoms with Crippen LogP contribution in [-0.2, 0) is 21.7 Å². The SMILES string of the molecule is O=C1CO[C@@](c2nccs2)(C2CCN(Cc3ccccc3F)CC2)CN1. The van der Waals surface area contributed by atoms with Crippen LogP contribution in [0.2, 0.25) is 0 Å². The fourth-order valence-corrected chi connectivity index (χ4v) is 4.83. The smallest absolute Gasteiger partial charge is 0.246 e. The second-order valence-electron chi connectivity index (χ2n) is 6.93. The van der Waals surface area contributed by atoms with Gasteiger partial charge in [-0.2, -0.15) is 0 Å². The van der Waals surface area contributed by atoms with E-state index in [9.17, 15) is 9.18 Å². The zero-order valence-corrected chi connectivity index (χ0v) is 15.3. The fourth-order valence-electron chi connectivity index (χ4n) is 3.96. The van der Waals surface area contributed by atoms with Gasteiger partial charge in [-0.1, -0.05) is 18.2 Å². The minimum absolute atomic E-state index is 0.0748. The van der Waals surface area contributed by atoms with E-state index in [0.717, 1.165) is 36.5 Å². The second kappa shape index (κ2) is 7.42. The number of hydrogen-bond donors (Lipinski definition) is 1. The Balaban J connectivity index is 1.45. The second-order valence-corrected chi connectivity index (χ2v) is 7.83. The van der Waals surface area contributed by atoms with Gasteiger partial charge in [-0.25, -0.2) is 9.37 Å². The number of rotatable bonds is 4. The van der Waals surface area contributed by atoms with Crippen molar-refractivity contribution in [3.8, 4) is 0 Å². The van der Waals surface area contributed by atoms with Crippen molar-refractivity contribution in [2.45, 2.75) is 25.0 Å². The van der Waals surface area contributed by atoms with Gasteiger partial charge in [0.1, 0.15) is 23.0 Å². The van der Waals surface area contributed by atoms with Gasteiger partial charge in [0.25, 0.3) is 0 Å². The fraction of sp³-hybridized carbons (Fsp3) is 0.474. The van der Waals surface area contributed by atoms with Crippen LogP contribution in [-0.4, -0.2) is 42.0 Å². The standard InChI is InChI=1S/C19H22FN3O2S/c20-16-4-2-1-3-14(16)11-23-8-5-15(6-9-23)19(18-21-7-10-26-18)13-22-17(24)12-25-19/h1-4,7,10,15H,5-6,8-9,11-13H2,(H,22,24)/t19-/m1/s1. The Morgan fingerprint density at radius 3 is 2.81 bits per heavy atom. The Morgan fingerprint density at radius 2 is 2.15 bits per heavy atom. The Kier molecular flexibility index (Phi) is 5.02. The normalized spacial score (nSPS) is 25.2. The number of halogens is 1. The molecule has 0 bridgehead atoms. The van der Waals surface area contributed by atoms with Crippen molar-refractivity contribution in [3.63, 3.8) is 0 Å². The highest BCUT2D eigenvalue weighted by molar-refractivity contribution is 7.09. The number of nitrogens with one attached hydrogen (secondary N) is 1. The average molecular weight is 375 g/mol. The first kappa shape index (κ1) is 17.6. The molecule has 26 heavy (non-hydrogen) atoms. The first-order valence-corrected chi connectivity index (χ1v) is 9.82. The van der Waals surface area contributed by atoms with E-state index in [1.165, 1.54) is 6.07 Å². The number of thiazole rings is 1. The van der Waals surface area contributed by atoms with E-state index in [2.05, 4.69) is 15.2 Å².